The van der Waals surface area contributed by atoms with Crippen LogP contribution in [-0.4, -0.2) is 9.67 Å². The van der Waals surface area contributed by atoms with E-state index in [4.69, 9.17) is 34.8 Å². The lowest BCUT2D eigenvalue weighted by molar-refractivity contribution is -0.683. The maximum absolute atomic E-state index is 14.1. The van der Waals surface area contributed by atoms with E-state index in [1.165, 1.54) is 16.8 Å². The quantitative estimate of drug-likeness (QED) is 0.295. The molecule has 0 radical (unpaired) electrons. The second kappa shape index (κ2) is 8.54. The fourth-order valence-corrected chi connectivity index (χ4v) is 4.25. The number of hydrogen-bond donors (Lipinski definition) is 0. The van der Waals surface area contributed by atoms with Crippen molar-refractivity contribution in [3.8, 4) is 11.4 Å². The highest BCUT2D eigenvalue weighted by Crippen LogP contribution is 2.33. The maximum Gasteiger partial charge on any atom is 0.479 e. The normalized spacial score (nSPS) is 11.7. The molecule has 1 aromatic heterocycles. The number of hydrogen-bond acceptors (Lipinski definition) is 1. The number of halogens is 6. The average molecular weight is 484 g/mol. The maximum atomic E-state index is 14.1. The van der Waals surface area contributed by atoms with Crippen molar-refractivity contribution in [3.05, 3.63) is 105 Å². The van der Waals surface area contributed by atoms with Gasteiger partial charge in [0.1, 0.15) is 0 Å². The Morgan fingerprint density at radius 3 is 1.94 bits per heavy atom. The second-order valence-electron chi connectivity index (χ2n) is 6.69. The summed E-state index contributed by atoms with van der Waals surface area (Å²) in [4.78, 5) is 3.98. The van der Waals surface area contributed by atoms with Crippen molar-refractivity contribution < 1.29 is 17.9 Å². The third-order valence-electron chi connectivity index (χ3n) is 4.53. The van der Waals surface area contributed by atoms with Gasteiger partial charge in [-0.05, 0) is 34.8 Å². The molecule has 158 valence electrons. The Bertz CT molecular complexity index is 1200. The molecule has 0 saturated heterocycles. The zero-order valence-corrected chi connectivity index (χ0v) is 18.0. The lowest BCUT2D eigenvalue weighted by Gasteiger charge is -2.12. The summed E-state index contributed by atoms with van der Waals surface area (Å²) >= 11 is 18.9. The Labute approximate surface area is 191 Å². The van der Waals surface area contributed by atoms with Crippen molar-refractivity contribution in [2.45, 2.75) is 12.6 Å². The Morgan fingerprint density at radius 2 is 1.39 bits per heavy atom. The Balaban J connectivity index is 2.08. The zero-order chi connectivity index (χ0) is 22.2. The summed E-state index contributed by atoms with van der Waals surface area (Å²) in [6.07, 6.45) is -4.60. The Hall–Kier alpha value is -2.54. The molecule has 1 heterocycles. The topological polar surface area (TPSA) is 21.7 Å². The van der Waals surface area contributed by atoms with Crippen molar-refractivity contribution in [3.63, 3.8) is 0 Å². The lowest BCUT2D eigenvalue weighted by atomic mass is 10.1. The van der Waals surface area contributed by atoms with Gasteiger partial charge >= 0.3 is 17.8 Å². The van der Waals surface area contributed by atoms with Crippen LogP contribution >= 0.6 is 34.8 Å². The number of nitrogens with zero attached hydrogens (tertiary/aromatic N) is 3. The van der Waals surface area contributed by atoms with Gasteiger partial charge in [0.05, 0.1) is 22.2 Å². The minimum atomic E-state index is -4.72. The molecule has 31 heavy (non-hydrogen) atoms. The fraction of sp³-hybridized carbons (Fsp3) is 0.0909. The summed E-state index contributed by atoms with van der Waals surface area (Å²) in [5, 5.41) is 0.469. The van der Waals surface area contributed by atoms with Crippen LogP contribution < -0.4 is 4.68 Å². The molecule has 0 N–H and O–H groups in total. The van der Waals surface area contributed by atoms with Crippen LogP contribution in [0.1, 0.15) is 17.2 Å². The number of benzene rings is 3. The van der Waals surface area contributed by atoms with Crippen molar-refractivity contribution in [2.75, 3.05) is 0 Å². The molecular weight excluding hydrogens is 470 g/mol. The van der Waals surface area contributed by atoms with E-state index in [1.54, 1.807) is 42.5 Å². The van der Waals surface area contributed by atoms with Crippen LogP contribution in [0.15, 0.2) is 72.8 Å². The molecule has 3 nitrogen and oxygen atoms in total. The first kappa shape index (κ1) is 21.7. The van der Waals surface area contributed by atoms with E-state index in [9.17, 15) is 13.2 Å². The van der Waals surface area contributed by atoms with E-state index >= 15 is 0 Å². The Morgan fingerprint density at radius 1 is 0.839 bits per heavy atom. The number of rotatable bonds is 4. The summed E-state index contributed by atoms with van der Waals surface area (Å²) in [6, 6.07) is 20.0. The molecule has 0 spiro atoms. The molecule has 3 aromatic carbocycles. The average Bonchev–Trinajstić information content (AvgIpc) is 3.08. The van der Waals surface area contributed by atoms with Crippen molar-refractivity contribution >= 4 is 34.8 Å². The van der Waals surface area contributed by atoms with Crippen LogP contribution in [0.25, 0.3) is 11.4 Å². The minimum absolute atomic E-state index is 0.0996. The predicted molar refractivity (Wildman–Crippen MR) is 114 cm³/mol. The molecule has 0 unspecified atom stereocenters. The molecule has 0 amide bonds. The number of alkyl halides is 3. The van der Waals surface area contributed by atoms with Crippen LogP contribution in [-0.2, 0) is 12.6 Å². The Kier molecular flexibility index (Phi) is 5.97. The minimum Gasteiger partial charge on any atom is -0.161 e. The van der Waals surface area contributed by atoms with Crippen molar-refractivity contribution in [1.82, 2.24) is 9.67 Å². The predicted octanol–water partition coefficient (Wildman–Crippen LogP) is 6.72. The third kappa shape index (κ3) is 4.42. The standard InChI is InChI=1S/C22H14Cl3F3N3/c23-15-12-17(24)20(18(25)13-15)31-19(11-14-7-3-1-4-8-14)29-21(22(26,27)28)30(31)16-9-5-2-6-10-16/h1-10,12-13H,11H2/q+1. The van der Waals surface area contributed by atoms with E-state index in [1.807, 2.05) is 18.2 Å². The fourth-order valence-electron chi connectivity index (χ4n) is 3.28. The number of para-hydroxylation sites is 1. The van der Waals surface area contributed by atoms with Gasteiger partial charge in [-0.15, -0.1) is 9.36 Å². The van der Waals surface area contributed by atoms with Crippen molar-refractivity contribution in [2.24, 2.45) is 0 Å². The monoisotopic (exact) mass is 482 g/mol. The molecule has 0 aliphatic carbocycles. The van der Waals surface area contributed by atoms with Gasteiger partial charge in [-0.2, -0.15) is 13.2 Å². The van der Waals surface area contributed by atoms with Gasteiger partial charge in [-0.1, -0.05) is 83.3 Å². The summed E-state index contributed by atoms with van der Waals surface area (Å²) in [5.41, 5.74) is 1.19. The SMILES string of the molecule is FC(F)(F)c1nc(Cc2ccccc2)[n+](-c2c(Cl)cc(Cl)cc2Cl)n1-c1ccccc1. The molecule has 0 bridgehead atoms. The first-order valence-electron chi connectivity index (χ1n) is 9.11. The van der Waals surface area contributed by atoms with Crippen LogP contribution in [0.2, 0.25) is 15.1 Å². The highest BCUT2D eigenvalue weighted by molar-refractivity contribution is 6.40. The van der Waals surface area contributed by atoms with E-state index < -0.39 is 12.0 Å². The van der Waals surface area contributed by atoms with Gasteiger partial charge in [0, 0.05) is 5.02 Å². The summed E-state index contributed by atoms with van der Waals surface area (Å²) in [5.74, 6) is -0.972. The van der Waals surface area contributed by atoms with E-state index in [0.717, 1.165) is 10.2 Å². The van der Waals surface area contributed by atoms with E-state index in [0.29, 0.717) is 0 Å². The highest BCUT2D eigenvalue weighted by Gasteiger charge is 2.47. The largest absolute Gasteiger partial charge is 0.479 e. The molecule has 0 aliphatic heterocycles. The van der Waals surface area contributed by atoms with Crippen LogP contribution in [0, 0.1) is 0 Å². The van der Waals surface area contributed by atoms with Gasteiger partial charge in [0.2, 0.25) is 0 Å². The van der Waals surface area contributed by atoms with Crippen LogP contribution in [0.4, 0.5) is 13.2 Å². The van der Waals surface area contributed by atoms with Crippen LogP contribution in [0.3, 0.4) is 0 Å². The van der Waals surface area contributed by atoms with Crippen molar-refractivity contribution in [1.29, 1.82) is 0 Å². The zero-order valence-electron chi connectivity index (χ0n) is 15.7. The van der Waals surface area contributed by atoms with Gasteiger partial charge in [-0.3, -0.25) is 0 Å². The second-order valence-corrected chi connectivity index (χ2v) is 7.94. The molecule has 4 aromatic rings. The smallest absolute Gasteiger partial charge is 0.161 e. The molecule has 0 fully saturated rings. The first-order chi connectivity index (χ1) is 14.8. The highest BCUT2D eigenvalue weighted by atomic mass is 35.5. The third-order valence-corrected chi connectivity index (χ3v) is 5.33. The van der Waals surface area contributed by atoms with E-state index in [2.05, 4.69) is 4.98 Å². The van der Waals surface area contributed by atoms with Gasteiger partial charge in [0.15, 0.2) is 5.69 Å². The van der Waals surface area contributed by atoms with Crippen LogP contribution in [0.5, 0.6) is 0 Å². The molecule has 0 atom stereocenters. The van der Waals surface area contributed by atoms with Gasteiger partial charge < -0.3 is 0 Å². The number of aromatic nitrogens is 3. The molecule has 9 heteroatoms. The van der Waals surface area contributed by atoms with E-state index in [-0.39, 0.29) is 38.7 Å². The van der Waals surface area contributed by atoms with Gasteiger partial charge in [-0.25, -0.2) is 0 Å². The van der Waals surface area contributed by atoms with Gasteiger partial charge in [0.25, 0.3) is 0 Å². The lowest BCUT2D eigenvalue weighted by Crippen LogP contribution is -2.45. The summed E-state index contributed by atoms with van der Waals surface area (Å²) < 4.78 is 44.5. The molecule has 4 rings (SSSR count). The summed E-state index contributed by atoms with van der Waals surface area (Å²) in [7, 11) is 0. The molecular formula is C22H14Cl3F3N3+. The first-order valence-corrected chi connectivity index (χ1v) is 10.2. The summed E-state index contributed by atoms with van der Waals surface area (Å²) in [6.45, 7) is 0. The molecule has 0 saturated carbocycles. The molecule has 0 aliphatic rings.